The van der Waals surface area contributed by atoms with E-state index in [1.807, 2.05) is 6.20 Å². The number of rotatable bonds is 3. The molecule has 0 saturated carbocycles. The fourth-order valence-corrected chi connectivity index (χ4v) is 3.26. The molecule has 2 aromatic rings. The van der Waals surface area contributed by atoms with Crippen LogP contribution in [0.1, 0.15) is 30.0 Å². The van der Waals surface area contributed by atoms with Crippen LogP contribution in [0.5, 0.6) is 0 Å². The smallest absolute Gasteiger partial charge is 0.0630 e. The van der Waals surface area contributed by atoms with Gasteiger partial charge in [-0.05, 0) is 41.8 Å². The molecule has 3 heterocycles. The lowest BCUT2D eigenvalue weighted by Gasteiger charge is -2.32. The van der Waals surface area contributed by atoms with Crippen molar-refractivity contribution < 1.29 is 0 Å². The number of hydrogen-bond acceptors (Lipinski definition) is 4. The van der Waals surface area contributed by atoms with Gasteiger partial charge in [0, 0.05) is 37.6 Å². The molecule has 2 aromatic heterocycles. The highest BCUT2D eigenvalue weighted by Crippen LogP contribution is 2.26. The van der Waals surface area contributed by atoms with E-state index in [0.29, 0.717) is 5.92 Å². The molecular weight excluding hydrogens is 242 g/mol. The molecule has 0 N–H and O–H groups in total. The fraction of sp³-hybridized carbons (Fsp3) is 0.429. The molecule has 0 spiro atoms. The molecule has 1 atom stereocenters. The van der Waals surface area contributed by atoms with Crippen molar-refractivity contribution in [3.8, 4) is 0 Å². The van der Waals surface area contributed by atoms with E-state index in [4.69, 9.17) is 0 Å². The molecule has 1 aliphatic heterocycles. The zero-order valence-electron chi connectivity index (χ0n) is 10.3. The number of likely N-dealkylation sites (tertiary alicyclic amines) is 1. The Kier molecular flexibility index (Phi) is 3.67. The molecule has 0 amide bonds. The average Bonchev–Trinajstić information content (AvgIpc) is 2.93. The number of hydrogen-bond donors (Lipinski definition) is 0. The van der Waals surface area contributed by atoms with Gasteiger partial charge in [0.1, 0.15) is 0 Å². The number of aromatic nitrogens is 2. The van der Waals surface area contributed by atoms with E-state index in [9.17, 15) is 0 Å². The van der Waals surface area contributed by atoms with Crippen LogP contribution in [0.3, 0.4) is 0 Å². The van der Waals surface area contributed by atoms with Crippen LogP contribution in [0.15, 0.2) is 35.4 Å². The van der Waals surface area contributed by atoms with E-state index in [2.05, 4.69) is 31.7 Å². The highest BCUT2D eigenvalue weighted by Gasteiger charge is 2.22. The maximum Gasteiger partial charge on any atom is 0.0630 e. The predicted molar refractivity (Wildman–Crippen MR) is 73.6 cm³/mol. The van der Waals surface area contributed by atoms with E-state index < -0.39 is 0 Å². The highest BCUT2D eigenvalue weighted by atomic mass is 32.1. The minimum atomic E-state index is 0.547. The molecule has 4 heteroatoms. The van der Waals surface area contributed by atoms with Crippen molar-refractivity contribution in [3.63, 3.8) is 0 Å². The number of nitrogens with zero attached hydrogens (tertiary/aromatic N) is 3. The van der Waals surface area contributed by atoms with Crippen molar-refractivity contribution in [1.82, 2.24) is 14.9 Å². The SMILES string of the molecule is c1cnc([C@H]2CCCN(Cc3ccsc3)C2)cn1. The van der Waals surface area contributed by atoms with Gasteiger partial charge in [0.2, 0.25) is 0 Å². The largest absolute Gasteiger partial charge is 0.298 e. The molecule has 0 bridgehead atoms. The summed E-state index contributed by atoms with van der Waals surface area (Å²) >= 11 is 1.78. The van der Waals surface area contributed by atoms with Crippen molar-refractivity contribution in [2.75, 3.05) is 13.1 Å². The van der Waals surface area contributed by atoms with Gasteiger partial charge in [-0.15, -0.1) is 0 Å². The molecule has 18 heavy (non-hydrogen) atoms. The maximum absolute atomic E-state index is 4.45. The summed E-state index contributed by atoms with van der Waals surface area (Å²) in [6, 6.07) is 2.22. The van der Waals surface area contributed by atoms with Gasteiger partial charge in [-0.1, -0.05) is 0 Å². The van der Waals surface area contributed by atoms with E-state index in [-0.39, 0.29) is 0 Å². The minimum Gasteiger partial charge on any atom is -0.298 e. The van der Waals surface area contributed by atoms with Crippen LogP contribution in [0, 0.1) is 0 Å². The molecule has 0 radical (unpaired) electrons. The second-order valence-electron chi connectivity index (χ2n) is 4.84. The molecule has 1 fully saturated rings. The summed E-state index contributed by atoms with van der Waals surface area (Å²) in [5.74, 6) is 0.547. The van der Waals surface area contributed by atoms with Crippen LogP contribution < -0.4 is 0 Å². The molecule has 0 unspecified atom stereocenters. The topological polar surface area (TPSA) is 29.0 Å². The van der Waals surface area contributed by atoms with Gasteiger partial charge in [-0.3, -0.25) is 14.9 Å². The Morgan fingerprint density at radius 2 is 2.39 bits per heavy atom. The second kappa shape index (κ2) is 5.59. The van der Waals surface area contributed by atoms with Gasteiger partial charge in [0.15, 0.2) is 0 Å². The molecule has 3 nitrogen and oxygen atoms in total. The third-order valence-electron chi connectivity index (χ3n) is 3.49. The second-order valence-corrected chi connectivity index (χ2v) is 5.62. The first kappa shape index (κ1) is 11.8. The third-order valence-corrected chi connectivity index (χ3v) is 4.23. The Balaban J connectivity index is 1.65. The number of thiophene rings is 1. The lowest BCUT2D eigenvalue weighted by molar-refractivity contribution is 0.198. The summed E-state index contributed by atoms with van der Waals surface area (Å²) < 4.78 is 0. The van der Waals surface area contributed by atoms with E-state index in [1.165, 1.54) is 24.9 Å². The molecule has 0 aliphatic carbocycles. The van der Waals surface area contributed by atoms with Gasteiger partial charge in [0.25, 0.3) is 0 Å². The van der Waals surface area contributed by atoms with Crippen LogP contribution >= 0.6 is 11.3 Å². The standard InChI is InChI=1S/C14H17N3S/c1-2-13(14-8-15-4-5-16-14)10-17(6-1)9-12-3-7-18-11-12/h3-5,7-8,11,13H,1-2,6,9-10H2/t13-/m0/s1. The summed E-state index contributed by atoms with van der Waals surface area (Å²) in [6.07, 6.45) is 7.95. The van der Waals surface area contributed by atoms with E-state index in [0.717, 1.165) is 18.8 Å². The van der Waals surface area contributed by atoms with Crippen LogP contribution in [-0.2, 0) is 6.54 Å². The molecule has 1 saturated heterocycles. The van der Waals surface area contributed by atoms with Gasteiger partial charge in [0.05, 0.1) is 5.69 Å². The molecule has 94 valence electrons. The van der Waals surface area contributed by atoms with Crippen molar-refractivity contribution in [2.45, 2.75) is 25.3 Å². The molecule has 0 aromatic carbocycles. The fourth-order valence-electron chi connectivity index (χ4n) is 2.60. The Bertz CT molecular complexity index is 469. The summed E-state index contributed by atoms with van der Waals surface area (Å²) in [5.41, 5.74) is 2.58. The van der Waals surface area contributed by atoms with Crippen molar-refractivity contribution in [2.24, 2.45) is 0 Å². The lowest BCUT2D eigenvalue weighted by atomic mass is 9.95. The summed E-state index contributed by atoms with van der Waals surface area (Å²) in [6.45, 7) is 3.38. The van der Waals surface area contributed by atoms with Crippen molar-refractivity contribution in [3.05, 3.63) is 46.7 Å². The number of piperidine rings is 1. The Hall–Kier alpha value is -1.26. The van der Waals surface area contributed by atoms with Crippen LogP contribution in [-0.4, -0.2) is 28.0 Å². The first-order chi connectivity index (χ1) is 8.92. The van der Waals surface area contributed by atoms with E-state index in [1.54, 1.807) is 23.7 Å². The minimum absolute atomic E-state index is 0.547. The van der Waals surface area contributed by atoms with Crippen LogP contribution in [0.2, 0.25) is 0 Å². The quantitative estimate of drug-likeness (QED) is 0.848. The summed E-state index contributed by atoms with van der Waals surface area (Å²) in [5, 5.41) is 4.39. The summed E-state index contributed by atoms with van der Waals surface area (Å²) in [7, 11) is 0. The van der Waals surface area contributed by atoms with Gasteiger partial charge < -0.3 is 0 Å². The lowest BCUT2D eigenvalue weighted by Crippen LogP contribution is -2.34. The first-order valence-electron chi connectivity index (χ1n) is 6.41. The molecule has 1 aliphatic rings. The highest BCUT2D eigenvalue weighted by molar-refractivity contribution is 7.07. The zero-order chi connectivity index (χ0) is 12.2. The van der Waals surface area contributed by atoms with Gasteiger partial charge in [-0.25, -0.2) is 0 Å². The maximum atomic E-state index is 4.45. The predicted octanol–water partition coefficient (Wildman–Crippen LogP) is 2.92. The normalized spacial score (nSPS) is 21.0. The van der Waals surface area contributed by atoms with Crippen LogP contribution in [0.25, 0.3) is 0 Å². The van der Waals surface area contributed by atoms with Gasteiger partial charge in [-0.2, -0.15) is 11.3 Å². The Morgan fingerprint density at radius 3 is 3.17 bits per heavy atom. The average molecular weight is 259 g/mol. The Morgan fingerprint density at radius 1 is 1.39 bits per heavy atom. The monoisotopic (exact) mass is 259 g/mol. The first-order valence-corrected chi connectivity index (χ1v) is 7.35. The van der Waals surface area contributed by atoms with Crippen LogP contribution in [0.4, 0.5) is 0 Å². The van der Waals surface area contributed by atoms with Gasteiger partial charge >= 0.3 is 0 Å². The molecular formula is C14H17N3S. The third kappa shape index (κ3) is 2.76. The van der Waals surface area contributed by atoms with Crippen molar-refractivity contribution >= 4 is 11.3 Å². The Labute approximate surface area is 112 Å². The van der Waals surface area contributed by atoms with Crippen molar-refractivity contribution in [1.29, 1.82) is 0 Å². The zero-order valence-corrected chi connectivity index (χ0v) is 11.1. The molecule has 3 rings (SSSR count). The van der Waals surface area contributed by atoms with E-state index >= 15 is 0 Å². The summed E-state index contributed by atoms with van der Waals surface area (Å²) in [4.78, 5) is 11.2.